The van der Waals surface area contributed by atoms with Gasteiger partial charge in [0, 0.05) is 0 Å². The molecule has 0 amide bonds. The van der Waals surface area contributed by atoms with Crippen molar-refractivity contribution in [3.8, 4) is 5.75 Å². The first-order chi connectivity index (χ1) is 5.56. The minimum Gasteiger partial charge on any atom is -0.508 e. The highest BCUT2D eigenvalue weighted by molar-refractivity contribution is 6.15. The summed E-state index contributed by atoms with van der Waals surface area (Å²) >= 11 is 0. The summed E-state index contributed by atoms with van der Waals surface area (Å²) in [4.78, 5) is 0. The monoisotopic (exact) mass is 162 g/mol. The summed E-state index contributed by atoms with van der Waals surface area (Å²) in [5, 5.41) is 9.44. The zero-order chi connectivity index (χ0) is 9.19. The molecule has 1 N–H and O–H groups in total. The van der Waals surface area contributed by atoms with Crippen molar-refractivity contribution in [1.29, 1.82) is 0 Å². The molecule has 1 aromatic rings. The van der Waals surface area contributed by atoms with E-state index in [4.69, 9.17) is 0 Å². The highest BCUT2D eigenvalue weighted by atomic mass is 16.3. The van der Waals surface area contributed by atoms with Gasteiger partial charge in [0.1, 0.15) is 13.6 Å². The topological polar surface area (TPSA) is 20.2 Å². The molecule has 1 rings (SSSR count). The molecule has 0 aliphatic carbocycles. The summed E-state index contributed by atoms with van der Waals surface area (Å²) in [6.07, 6.45) is 1.08. The van der Waals surface area contributed by atoms with E-state index in [9.17, 15) is 5.11 Å². The number of phenols is 1. The third-order valence-corrected chi connectivity index (χ3v) is 2.51. The molecule has 0 spiro atoms. The van der Waals surface area contributed by atoms with Crippen LogP contribution in [0.25, 0.3) is 0 Å². The zero-order valence-corrected chi connectivity index (χ0v) is 7.96. The molecule has 0 fully saturated rings. The number of phenolic OH excluding ortho intramolecular Hbond substituents is 1. The average Bonchev–Trinajstić information content (AvgIpc) is 2.05. The number of rotatable bonds is 2. The normalized spacial score (nSPS) is 15.5. The van der Waals surface area contributed by atoms with Crippen LogP contribution in [0.4, 0.5) is 0 Å². The fourth-order valence-corrected chi connectivity index (χ4v) is 1.13. The molecule has 1 unspecified atom stereocenters. The second-order valence-electron chi connectivity index (χ2n) is 3.79. The molecular weight excluding hydrogens is 147 g/mol. The Morgan fingerprint density at radius 2 is 2.17 bits per heavy atom. The van der Waals surface area contributed by atoms with Gasteiger partial charge in [0.05, 0.1) is 0 Å². The van der Waals surface area contributed by atoms with E-state index in [0.29, 0.717) is 5.75 Å². The lowest BCUT2D eigenvalue weighted by Gasteiger charge is -2.23. The maximum Gasteiger partial charge on any atom is 0.115 e. The van der Waals surface area contributed by atoms with Gasteiger partial charge >= 0.3 is 0 Å². The van der Waals surface area contributed by atoms with Crippen molar-refractivity contribution >= 4 is 7.85 Å². The third-order valence-electron chi connectivity index (χ3n) is 2.51. The molecule has 0 aromatic heterocycles. The lowest BCUT2D eigenvalue weighted by molar-refractivity contribution is 0.473. The first-order valence-corrected chi connectivity index (χ1v) is 4.36. The Balaban J connectivity index is 3.03. The fourth-order valence-electron chi connectivity index (χ4n) is 1.13. The van der Waals surface area contributed by atoms with E-state index in [1.807, 2.05) is 12.1 Å². The second kappa shape index (κ2) is 3.22. The third kappa shape index (κ3) is 1.82. The number of benzene rings is 1. The minimum atomic E-state index is 0.165. The molecule has 0 heterocycles. The Kier molecular flexibility index (Phi) is 2.46. The van der Waals surface area contributed by atoms with Gasteiger partial charge in [-0.05, 0) is 23.0 Å². The molecule has 0 saturated heterocycles. The van der Waals surface area contributed by atoms with Gasteiger partial charge in [0.25, 0.3) is 0 Å². The highest BCUT2D eigenvalue weighted by Crippen LogP contribution is 2.25. The molecule has 12 heavy (non-hydrogen) atoms. The maximum absolute atomic E-state index is 9.27. The summed E-state index contributed by atoms with van der Waals surface area (Å²) in [6.45, 7) is 4.34. The van der Waals surface area contributed by atoms with Crippen molar-refractivity contribution < 1.29 is 5.11 Å². The molecule has 2 heteroatoms. The average molecular weight is 162 g/mol. The van der Waals surface area contributed by atoms with Gasteiger partial charge in [0.2, 0.25) is 0 Å². The predicted octanol–water partition coefficient (Wildman–Crippen LogP) is 1.65. The summed E-state index contributed by atoms with van der Waals surface area (Å²) in [6, 6.07) is 7.49. The summed E-state index contributed by atoms with van der Waals surface area (Å²) in [7, 11) is 2.18. The molecule has 0 aliphatic heterocycles. The molecule has 0 radical (unpaired) electrons. The van der Waals surface area contributed by atoms with Crippen LogP contribution in [0.5, 0.6) is 5.75 Å². The number of hydrogen-bond donors (Lipinski definition) is 1. The van der Waals surface area contributed by atoms with Crippen LogP contribution in [0, 0.1) is 0 Å². The lowest BCUT2D eigenvalue weighted by atomic mass is 9.64. The van der Waals surface area contributed by atoms with Crippen molar-refractivity contribution in [3.05, 3.63) is 29.8 Å². The first-order valence-electron chi connectivity index (χ1n) is 4.36. The van der Waals surface area contributed by atoms with Gasteiger partial charge in [-0.15, -0.1) is 0 Å². The number of hydrogen-bond acceptors (Lipinski definition) is 1. The summed E-state index contributed by atoms with van der Waals surface area (Å²) < 4.78 is 0. The molecule has 0 aliphatic rings. The Labute approximate surface area is 74.8 Å². The van der Waals surface area contributed by atoms with E-state index in [2.05, 4.69) is 27.8 Å². The predicted molar refractivity (Wildman–Crippen MR) is 54.3 cm³/mol. The van der Waals surface area contributed by atoms with Gasteiger partial charge in [-0.1, -0.05) is 32.4 Å². The summed E-state index contributed by atoms with van der Waals surface area (Å²) in [5.41, 5.74) is 1.20. The van der Waals surface area contributed by atoms with E-state index >= 15 is 0 Å². The molecule has 1 aromatic carbocycles. The van der Waals surface area contributed by atoms with Gasteiger partial charge in [0.15, 0.2) is 0 Å². The fraction of sp³-hybridized carbons (Fsp3) is 0.400. The van der Waals surface area contributed by atoms with E-state index in [-0.39, 0.29) is 5.31 Å². The highest BCUT2D eigenvalue weighted by Gasteiger charge is 2.17. The molecule has 1 atom stereocenters. The standard InChI is InChI=1S/C10H15BO/c1-3-10(2,11)8-5-4-6-9(12)7-8/h4-7,12H,3,11H2,1-2H3. The Hall–Kier alpha value is -0.915. The van der Waals surface area contributed by atoms with Crippen molar-refractivity contribution in [2.75, 3.05) is 0 Å². The Morgan fingerprint density at radius 1 is 1.50 bits per heavy atom. The van der Waals surface area contributed by atoms with Gasteiger partial charge in [-0.2, -0.15) is 0 Å². The van der Waals surface area contributed by atoms with Crippen LogP contribution < -0.4 is 0 Å². The molecule has 64 valence electrons. The van der Waals surface area contributed by atoms with Gasteiger partial charge in [-0.25, -0.2) is 0 Å². The van der Waals surface area contributed by atoms with Crippen molar-refractivity contribution in [2.45, 2.75) is 25.6 Å². The SMILES string of the molecule is BC(C)(CC)c1cccc(O)c1. The van der Waals surface area contributed by atoms with Crippen molar-refractivity contribution in [3.63, 3.8) is 0 Å². The van der Waals surface area contributed by atoms with Crippen LogP contribution in [0.1, 0.15) is 25.8 Å². The molecule has 0 saturated carbocycles. The van der Waals surface area contributed by atoms with Crippen LogP contribution in [0.15, 0.2) is 24.3 Å². The van der Waals surface area contributed by atoms with Gasteiger partial charge in [-0.3, -0.25) is 0 Å². The van der Waals surface area contributed by atoms with E-state index in [1.54, 1.807) is 6.07 Å². The first kappa shape index (κ1) is 9.18. The summed E-state index contributed by atoms with van der Waals surface area (Å²) in [5.74, 6) is 0.356. The van der Waals surface area contributed by atoms with E-state index < -0.39 is 0 Å². The zero-order valence-electron chi connectivity index (χ0n) is 7.96. The Bertz CT molecular complexity index is 268. The Morgan fingerprint density at radius 3 is 2.67 bits per heavy atom. The van der Waals surface area contributed by atoms with Crippen LogP contribution in [-0.2, 0) is 5.31 Å². The van der Waals surface area contributed by atoms with Crippen LogP contribution in [0.3, 0.4) is 0 Å². The van der Waals surface area contributed by atoms with Gasteiger partial charge < -0.3 is 5.11 Å². The molecule has 0 bridgehead atoms. The molecular formula is C10H15BO. The second-order valence-corrected chi connectivity index (χ2v) is 3.79. The van der Waals surface area contributed by atoms with E-state index in [1.165, 1.54) is 5.56 Å². The van der Waals surface area contributed by atoms with Crippen LogP contribution in [0.2, 0.25) is 0 Å². The minimum absolute atomic E-state index is 0.165. The largest absolute Gasteiger partial charge is 0.508 e. The number of aromatic hydroxyl groups is 1. The van der Waals surface area contributed by atoms with Crippen molar-refractivity contribution in [1.82, 2.24) is 0 Å². The maximum atomic E-state index is 9.27. The lowest BCUT2D eigenvalue weighted by Crippen LogP contribution is -2.20. The van der Waals surface area contributed by atoms with E-state index in [0.717, 1.165) is 6.42 Å². The van der Waals surface area contributed by atoms with Crippen LogP contribution >= 0.6 is 0 Å². The smallest absolute Gasteiger partial charge is 0.115 e. The molecule has 1 nitrogen and oxygen atoms in total. The van der Waals surface area contributed by atoms with Crippen LogP contribution in [-0.4, -0.2) is 13.0 Å². The van der Waals surface area contributed by atoms with Crippen molar-refractivity contribution in [2.24, 2.45) is 0 Å². The quantitative estimate of drug-likeness (QED) is 0.655.